The highest BCUT2D eigenvalue weighted by Gasteiger charge is 2.30. The molecule has 0 bridgehead atoms. The summed E-state index contributed by atoms with van der Waals surface area (Å²) in [5.74, 6) is 0.901. The molecular weight excluding hydrogens is 304 g/mol. The van der Waals surface area contributed by atoms with Crippen molar-refractivity contribution in [3.63, 3.8) is 0 Å². The molecule has 0 amide bonds. The Morgan fingerprint density at radius 2 is 2.41 bits per heavy atom. The van der Waals surface area contributed by atoms with E-state index in [-0.39, 0.29) is 12.0 Å². The van der Waals surface area contributed by atoms with Crippen molar-refractivity contribution < 1.29 is 14.1 Å². The molecule has 3 rings (SSSR count). The molecule has 1 atom stereocenters. The Balaban J connectivity index is 1.71. The average Bonchev–Trinajstić information content (AvgIpc) is 3.20. The van der Waals surface area contributed by atoms with E-state index in [2.05, 4.69) is 20.0 Å². The van der Waals surface area contributed by atoms with Crippen LogP contribution >= 0.6 is 11.3 Å². The Kier molecular flexibility index (Phi) is 4.49. The molecule has 118 valence electrons. The Labute approximate surface area is 132 Å². The number of thiazole rings is 1. The highest BCUT2D eigenvalue weighted by molar-refractivity contribution is 7.09. The first kappa shape index (κ1) is 15.1. The maximum absolute atomic E-state index is 11.7. The normalized spacial score (nSPS) is 18.7. The number of carbonyl (C=O) groups is 1. The van der Waals surface area contributed by atoms with Gasteiger partial charge in [0, 0.05) is 5.38 Å². The Morgan fingerprint density at radius 1 is 1.55 bits per heavy atom. The SMILES string of the molecule is CCOC(=O)c1csc(C2CCCN2Cc2nc(C)no2)n1. The molecule has 2 aromatic rings. The minimum Gasteiger partial charge on any atom is -0.461 e. The van der Waals surface area contributed by atoms with Crippen LogP contribution in [0.2, 0.25) is 0 Å². The third-order valence-corrected chi connectivity index (χ3v) is 4.51. The molecule has 1 saturated heterocycles. The van der Waals surface area contributed by atoms with Crippen molar-refractivity contribution in [1.82, 2.24) is 20.0 Å². The first-order valence-corrected chi connectivity index (χ1v) is 8.21. The second-order valence-electron chi connectivity index (χ2n) is 5.16. The molecule has 8 heteroatoms. The molecule has 1 aliphatic rings. The van der Waals surface area contributed by atoms with Gasteiger partial charge in [0.15, 0.2) is 11.5 Å². The molecule has 1 aliphatic heterocycles. The van der Waals surface area contributed by atoms with Gasteiger partial charge in [0.1, 0.15) is 5.01 Å². The molecule has 0 saturated carbocycles. The molecule has 1 fully saturated rings. The second kappa shape index (κ2) is 6.53. The molecular formula is C14H18N4O3S. The fourth-order valence-electron chi connectivity index (χ4n) is 2.61. The number of hydrogen-bond acceptors (Lipinski definition) is 8. The molecule has 2 aromatic heterocycles. The van der Waals surface area contributed by atoms with Crippen LogP contribution in [-0.4, -0.2) is 39.1 Å². The van der Waals surface area contributed by atoms with Gasteiger partial charge in [-0.1, -0.05) is 5.16 Å². The molecule has 0 N–H and O–H groups in total. The molecule has 0 aliphatic carbocycles. The van der Waals surface area contributed by atoms with Crippen LogP contribution in [-0.2, 0) is 11.3 Å². The van der Waals surface area contributed by atoms with Crippen molar-refractivity contribution in [2.75, 3.05) is 13.2 Å². The largest absolute Gasteiger partial charge is 0.461 e. The maximum atomic E-state index is 11.7. The minimum atomic E-state index is -0.359. The van der Waals surface area contributed by atoms with Gasteiger partial charge in [-0.05, 0) is 33.2 Å². The van der Waals surface area contributed by atoms with Crippen LogP contribution in [0.4, 0.5) is 0 Å². The number of hydrogen-bond donors (Lipinski definition) is 0. The van der Waals surface area contributed by atoms with Gasteiger partial charge in [-0.2, -0.15) is 4.98 Å². The summed E-state index contributed by atoms with van der Waals surface area (Å²) in [6.07, 6.45) is 2.11. The number of esters is 1. The number of nitrogens with zero attached hydrogens (tertiary/aromatic N) is 4. The van der Waals surface area contributed by atoms with Crippen LogP contribution < -0.4 is 0 Å². The monoisotopic (exact) mass is 322 g/mol. The summed E-state index contributed by atoms with van der Waals surface area (Å²) in [6, 6.07) is 0.195. The summed E-state index contributed by atoms with van der Waals surface area (Å²) in [4.78, 5) is 22.7. The van der Waals surface area contributed by atoms with Crippen LogP contribution in [0.3, 0.4) is 0 Å². The molecule has 22 heavy (non-hydrogen) atoms. The van der Waals surface area contributed by atoms with Crippen molar-refractivity contribution in [2.24, 2.45) is 0 Å². The second-order valence-corrected chi connectivity index (χ2v) is 6.04. The summed E-state index contributed by atoms with van der Waals surface area (Å²) < 4.78 is 10.2. The fraction of sp³-hybridized carbons (Fsp3) is 0.571. The summed E-state index contributed by atoms with van der Waals surface area (Å²) in [5.41, 5.74) is 0.391. The third-order valence-electron chi connectivity index (χ3n) is 3.56. The van der Waals surface area contributed by atoms with Gasteiger partial charge in [-0.25, -0.2) is 9.78 Å². The molecule has 0 radical (unpaired) electrons. The van der Waals surface area contributed by atoms with Gasteiger partial charge in [0.25, 0.3) is 0 Å². The van der Waals surface area contributed by atoms with Crippen molar-refractivity contribution in [1.29, 1.82) is 0 Å². The van der Waals surface area contributed by atoms with Gasteiger partial charge in [-0.3, -0.25) is 4.90 Å². The van der Waals surface area contributed by atoms with Gasteiger partial charge >= 0.3 is 5.97 Å². The van der Waals surface area contributed by atoms with Crippen molar-refractivity contribution in [3.05, 3.63) is 27.8 Å². The molecule has 3 heterocycles. The topological polar surface area (TPSA) is 81.4 Å². The zero-order chi connectivity index (χ0) is 15.5. The predicted octanol–water partition coefficient (Wildman–Crippen LogP) is 2.35. The van der Waals surface area contributed by atoms with Crippen molar-refractivity contribution >= 4 is 17.3 Å². The predicted molar refractivity (Wildman–Crippen MR) is 79.5 cm³/mol. The standard InChI is InChI=1S/C14H18N4O3S/c1-3-20-14(19)10-8-22-13(16-10)11-5-4-6-18(11)7-12-15-9(2)17-21-12/h8,11H,3-7H2,1-2H3. The number of likely N-dealkylation sites (tertiary alicyclic amines) is 1. The highest BCUT2D eigenvalue weighted by atomic mass is 32.1. The number of rotatable bonds is 5. The zero-order valence-corrected chi connectivity index (χ0v) is 13.4. The van der Waals surface area contributed by atoms with E-state index < -0.39 is 0 Å². The van der Waals surface area contributed by atoms with E-state index in [9.17, 15) is 4.79 Å². The van der Waals surface area contributed by atoms with E-state index in [0.29, 0.717) is 30.6 Å². The van der Waals surface area contributed by atoms with Crippen LogP contribution in [0, 0.1) is 6.92 Å². The van der Waals surface area contributed by atoms with E-state index in [1.54, 1.807) is 19.2 Å². The first-order valence-electron chi connectivity index (χ1n) is 7.33. The van der Waals surface area contributed by atoms with E-state index in [0.717, 1.165) is 24.4 Å². The van der Waals surface area contributed by atoms with Gasteiger partial charge < -0.3 is 9.26 Å². The van der Waals surface area contributed by atoms with E-state index in [4.69, 9.17) is 9.26 Å². The number of aryl methyl sites for hydroxylation is 1. The highest BCUT2D eigenvalue weighted by Crippen LogP contribution is 2.34. The number of ether oxygens (including phenoxy) is 1. The lowest BCUT2D eigenvalue weighted by molar-refractivity contribution is 0.0520. The average molecular weight is 322 g/mol. The summed E-state index contributed by atoms with van der Waals surface area (Å²) in [7, 11) is 0. The van der Waals surface area contributed by atoms with Gasteiger partial charge in [-0.15, -0.1) is 11.3 Å². The molecule has 1 unspecified atom stereocenters. The van der Waals surface area contributed by atoms with Crippen molar-refractivity contribution in [3.8, 4) is 0 Å². The van der Waals surface area contributed by atoms with Crippen LogP contribution in [0.5, 0.6) is 0 Å². The van der Waals surface area contributed by atoms with E-state index >= 15 is 0 Å². The summed E-state index contributed by atoms with van der Waals surface area (Å²) in [5, 5.41) is 6.52. The molecule has 0 spiro atoms. The quantitative estimate of drug-likeness (QED) is 0.781. The smallest absolute Gasteiger partial charge is 0.357 e. The van der Waals surface area contributed by atoms with Crippen molar-refractivity contribution in [2.45, 2.75) is 39.3 Å². The maximum Gasteiger partial charge on any atom is 0.357 e. The number of carbonyl (C=O) groups excluding carboxylic acids is 1. The van der Waals surface area contributed by atoms with Crippen LogP contribution in [0.1, 0.15) is 53.0 Å². The third kappa shape index (κ3) is 3.17. The molecule has 0 aromatic carbocycles. The van der Waals surface area contributed by atoms with E-state index in [1.807, 2.05) is 0 Å². The molecule has 7 nitrogen and oxygen atoms in total. The Hall–Kier alpha value is -1.80. The lowest BCUT2D eigenvalue weighted by Gasteiger charge is -2.20. The lowest BCUT2D eigenvalue weighted by atomic mass is 10.2. The van der Waals surface area contributed by atoms with Gasteiger partial charge in [0.05, 0.1) is 19.2 Å². The minimum absolute atomic E-state index is 0.195. The van der Waals surface area contributed by atoms with Gasteiger partial charge in [0.2, 0.25) is 5.89 Å². The lowest BCUT2D eigenvalue weighted by Crippen LogP contribution is -2.23. The summed E-state index contributed by atoms with van der Waals surface area (Å²) in [6.45, 7) is 5.52. The zero-order valence-electron chi connectivity index (χ0n) is 12.6. The Bertz CT molecular complexity index is 654. The van der Waals surface area contributed by atoms with Crippen LogP contribution in [0.15, 0.2) is 9.90 Å². The first-order chi connectivity index (χ1) is 10.7. The fourth-order valence-corrected chi connectivity index (χ4v) is 3.57. The Morgan fingerprint density at radius 3 is 3.14 bits per heavy atom. The van der Waals surface area contributed by atoms with Crippen LogP contribution in [0.25, 0.3) is 0 Å². The summed E-state index contributed by atoms with van der Waals surface area (Å²) >= 11 is 1.50. The number of aromatic nitrogens is 3. The van der Waals surface area contributed by atoms with E-state index in [1.165, 1.54) is 11.3 Å².